The fourth-order valence-electron chi connectivity index (χ4n) is 2.87. The van der Waals surface area contributed by atoms with Gasteiger partial charge in [0.05, 0.1) is 0 Å². The van der Waals surface area contributed by atoms with Crippen molar-refractivity contribution in [3.8, 4) is 0 Å². The van der Waals surface area contributed by atoms with Crippen LogP contribution in [0.3, 0.4) is 0 Å². The molecule has 0 aromatic carbocycles. The number of aliphatic hydroxyl groups excluding tert-OH is 1. The van der Waals surface area contributed by atoms with Gasteiger partial charge < -0.3 is 21.1 Å². The molecule has 0 heterocycles. The average molecular weight is 563 g/mol. The molecule has 4 nitrogen and oxygen atoms in total. The number of hydrogen-bond acceptors (Lipinski definition) is 1. The van der Waals surface area contributed by atoms with E-state index in [4.69, 9.17) is 5.11 Å². The molecule has 0 aliphatic carbocycles. The molecule has 1 radical (unpaired) electrons. The van der Waals surface area contributed by atoms with Gasteiger partial charge in [-0.15, -0.1) is 39.3 Å². The van der Waals surface area contributed by atoms with Crippen LogP contribution in [0.1, 0.15) is 158 Å². The van der Waals surface area contributed by atoms with Crippen molar-refractivity contribution in [3.05, 3.63) is 16.0 Å². The predicted octanol–water partition coefficient (Wildman–Crippen LogP) is 11.1. The first-order valence-corrected chi connectivity index (χ1v) is 16.1. The Morgan fingerprint density at radius 1 is 0.432 bits per heavy atom. The monoisotopic (exact) mass is 563 g/mol. The summed E-state index contributed by atoms with van der Waals surface area (Å²) in [6.07, 6.45) is 20.1. The summed E-state index contributed by atoms with van der Waals surface area (Å²) in [6, 6.07) is 0. The largest absolute Gasteiger partial charge is 3.00 e. The zero-order valence-electron chi connectivity index (χ0n) is 27.1. The molecule has 0 aromatic heterocycles. The fourth-order valence-corrected chi connectivity index (χ4v) is 2.87. The summed E-state index contributed by atoms with van der Waals surface area (Å²) >= 11 is 0. The van der Waals surface area contributed by atoms with Gasteiger partial charge in [-0.2, -0.15) is 0 Å². The van der Waals surface area contributed by atoms with E-state index in [1.807, 2.05) is 0 Å². The quantitative estimate of drug-likeness (QED) is 0.0977. The first kappa shape index (κ1) is 47.3. The van der Waals surface area contributed by atoms with E-state index in [0.717, 1.165) is 45.7 Å². The van der Waals surface area contributed by atoms with Gasteiger partial charge >= 0.3 is 21.7 Å². The van der Waals surface area contributed by atoms with E-state index in [-0.39, 0.29) is 21.7 Å². The van der Waals surface area contributed by atoms with E-state index < -0.39 is 0 Å². The van der Waals surface area contributed by atoms with Gasteiger partial charge in [0.15, 0.2) is 0 Å². The SMILES string of the molecule is CCCCC(CC)CO.CCCC[N-]CCCC.CCCC[N-]CCCC.CCCC[N-]CCCC.[Ti+3]. The van der Waals surface area contributed by atoms with Crippen molar-refractivity contribution in [1.29, 1.82) is 0 Å². The molecule has 5 heteroatoms. The molecule has 0 aromatic rings. The van der Waals surface area contributed by atoms with Crippen LogP contribution >= 0.6 is 0 Å². The first-order valence-electron chi connectivity index (χ1n) is 16.1. The minimum Gasteiger partial charge on any atom is -0.662 e. The van der Waals surface area contributed by atoms with Crippen molar-refractivity contribution in [2.45, 2.75) is 158 Å². The Hall–Kier alpha value is 0.554. The summed E-state index contributed by atoms with van der Waals surface area (Å²) in [5.41, 5.74) is 0. The van der Waals surface area contributed by atoms with Gasteiger partial charge in [0.1, 0.15) is 0 Å². The van der Waals surface area contributed by atoms with Gasteiger partial charge in [0, 0.05) is 6.61 Å². The molecule has 0 amide bonds. The number of nitrogens with zero attached hydrogens (tertiary/aromatic N) is 3. The van der Waals surface area contributed by atoms with Crippen molar-refractivity contribution in [2.24, 2.45) is 5.92 Å². The molecule has 1 unspecified atom stereocenters. The van der Waals surface area contributed by atoms with Gasteiger partial charge in [-0.05, 0) is 12.3 Å². The predicted molar refractivity (Wildman–Crippen MR) is 169 cm³/mol. The third-order valence-electron chi connectivity index (χ3n) is 5.82. The van der Waals surface area contributed by atoms with Crippen molar-refractivity contribution in [1.82, 2.24) is 0 Å². The second-order valence-electron chi connectivity index (χ2n) is 9.73. The summed E-state index contributed by atoms with van der Waals surface area (Å²) in [5, 5.41) is 21.8. The Morgan fingerprint density at radius 2 is 0.676 bits per heavy atom. The minimum atomic E-state index is 0. The maximum Gasteiger partial charge on any atom is 3.00 e. The van der Waals surface area contributed by atoms with E-state index in [1.54, 1.807) is 0 Å². The molecule has 0 fully saturated rings. The zero-order chi connectivity index (χ0) is 28.0. The van der Waals surface area contributed by atoms with Gasteiger partial charge in [0.25, 0.3) is 0 Å². The molecular weight excluding hydrogens is 490 g/mol. The second kappa shape index (κ2) is 52.9. The van der Waals surface area contributed by atoms with Crippen LogP contribution in [0.4, 0.5) is 0 Å². The van der Waals surface area contributed by atoms with Gasteiger partial charge in [0.2, 0.25) is 0 Å². The smallest absolute Gasteiger partial charge is 0.662 e. The Labute approximate surface area is 252 Å². The van der Waals surface area contributed by atoms with Gasteiger partial charge in [-0.1, -0.05) is 152 Å². The van der Waals surface area contributed by atoms with Gasteiger partial charge in [-0.25, -0.2) is 0 Å². The van der Waals surface area contributed by atoms with Crippen LogP contribution in [0.2, 0.25) is 0 Å². The number of rotatable bonds is 23. The molecule has 0 saturated carbocycles. The summed E-state index contributed by atoms with van der Waals surface area (Å²) in [6.45, 7) is 24.4. The molecule has 37 heavy (non-hydrogen) atoms. The third kappa shape index (κ3) is 61.9. The summed E-state index contributed by atoms with van der Waals surface area (Å²) in [5.74, 6) is 0.560. The van der Waals surface area contributed by atoms with Crippen LogP contribution in [0.15, 0.2) is 0 Å². The summed E-state index contributed by atoms with van der Waals surface area (Å²) in [7, 11) is 0. The van der Waals surface area contributed by atoms with Crippen molar-refractivity contribution in [3.63, 3.8) is 0 Å². The Balaban J connectivity index is -0.000000122. The van der Waals surface area contributed by atoms with Crippen LogP contribution < -0.4 is 0 Å². The third-order valence-corrected chi connectivity index (χ3v) is 5.82. The van der Waals surface area contributed by atoms with Crippen molar-refractivity contribution < 1.29 is 26.8 Å². The Kier molecular flexibility index (Phi) is 67.7. The molecule has 0 rings (SSSR count). The van der Waals surface area contributed by atoms with Gasteiger partial charge in [-0.3, -0.25) is 0 Å². The van der Waals surface area contributed by atoms with Crippen molar-refractivity contribution >= 4 is 0 Å². The number of hydrogen-bond donors (Lipinski definition) is 1. The van der Waals surface area contributed by atoms with Crippen LogP contribution in [0.5, 0.6) is 0 Å². The molecule has 1 N–H and O–H groups in total. The fraction of sp³-hybridized carbons (Fsp3) is 1.00. The standard InChI is InChI=1S/3C8H18N.C8H18O.Ti/c3*1-3-5-7-9-8-6-4-2;1-3-5-6-8(4-2)7-9;/h3*3-8H2,1-2H3;8-9H,3-7H2,1-2H3;/q3*-1;;+3. The minimum absolute atomic E-state index is 0. The molecule has 225 valence electrons. The molecule has 0 aliphatic heterocycles. The number of aliphatic hydroxyl groups is 1. The topological polar surface area (TPSA) is 62.5 Å². The molecule has 0 saturated heterocycles. The summed E-state index contributed by atoms with van der Waals surface area (Å²) in [4.78, 5) is 0. The van der Waals surface area contributed by atoms with Crippen LogP contribution in [0.25, 0.3) is 16.0 Å². The summed E-state index contributed by atoms with van der Waals surface area (Å²) < 4.78 is 0. The maximum absolute atomic E-state index is 8.75. The van der Waals surface area contributed by atoms with Crippen LogP contribution in [-0.2, 0) is 21.7 Å². The van der Waals surface area contributed by atoms with E-state index in [1.165, 1.54) is 96.3 Å². The van der Waals surface area contributed by atoms with Crippen molar-refractivity contribution in [2.75, 3.05) is 45.9 Å². The van der Waals surface area contributed by atoms with Crippen LogP contribution in [-0.4, -0.2) is 51.0 Å². The molecule has 0 aliphatic rings. The average Bonchev–Trinajstić information content (AvgIpc) is 2.90. The Morgan fingerprint density at radius 3 is 0.838 bits per heavy atom. The first-order chi connectivity index (χ1) is 17.6. The maximum atomic E-state index is 8.75. The number of unbranched alkanes of at least 4 members (excludes halogenated alkanes) is 7. The van der Waals surface area contributed by atoms with Crippen LogP contribution in [0, 0.1) is 5.92 Å². The van der Waals surface area contributed by atoms with E-state index in [2.05, 4.69) is 71.3 Å². The second-order valence-corrected chi connectivity index (χ2v) is 9.73. The molecular formula is C32H72N3OTi. The van der Waals surface area contributed by atoms with E-state index in [9.17, 15) is 0 Å². The molecule has 1 atom stereocenters. The van der Waals surface area contributed by atoms with E-state index >= 15 is 0 Å². The normalized spacial score (nSPS) is 10.6. The molecule has 0 bridgehead atoms. The Bertz CT molecular complexity index is 254. The van der Waals surface area contributed by atoms with E-state index in [0.29, 0.717) is 12.5 Å². The molecule has 0 spiro atoms. The zero-order valence-corrected chi connectivity index (χ0v) is 28.7.